The van der Waals surface area contributed by atoms with Crippen LogP contribution in [0.1, 0.15) is 12.5 Å². The summed E-state index contributed by atoms with van der Waals surface area (Å²) >= 11 is 0. The summed E-state index contributed by atoms with van der Waals surface area (Å²) in [6, 6.07) is 0. The zero-order valence-electron chi connectivity index (χ0n) is 8.51. The van der Waals surface area contributed by atoms with Gasteiger partial charge in [0.25, 0.3) is 5.56 Å². The Hall–Kier alpha value is -1.53. The van der Waals surface area contributed by atoms with E-state index in [4.69, 9.17) is 0 Å². The lowest BCUT2D eigenvalue weighted by molar-refractivity contribution is -0.138. The van der Waals surface area contributed by atoms with Crippen LogP contribution in [0.25, 0.3) is 0 Å². The maximum absolute atomic E-state index is 12.7. The molecule has 2 heterocycles. The number of nitrogens with zero attached hydrogens (tertiary/aromatic N) is 2. The van der Waals surface area contributed by atoms with Crippen molar-refractivity contribution in [3.63, 3.8) is 0 Å². The average molecular weight is 233 g/mol. The number of rotatable bonds is 1. The van der Waals surface area contributed by atoms with Crippen LogP contribution in [0.3, 0.4) is 0 Å². The predicted molar refractivity (Wildman–Crippen MR) is 51.2 cm³/mol. The summed E-state index contributed by atoms with van der Waals surface area (Å²) in [6.45, 7) is 2.98. The van der Waals surface area contributed by atoms with E-state index < -0.39 is 17.3 Å². The fourth-order valence-electron chi connectivity index (χ4n) is 1.80. The van der Waals surface area contributed by atoms with Crippen molar-refractivity contribution in [3.05, 3.63) is 22.1 Å². The van der Waals surface area contributed by atoms with Gasteiger partial charge < -0.3 is 4.90 Å². The highest BCUT2D eigenvalue weighted by Gasteiger charge is 2.40. The van der Waals surface area contributed by atoms with Crippen LogP contribution in [0.4, 0.5) is 18.9 Å². The van der Waals surface area contributed by atoms with Gasteiger partial charge >= 0.3 is 6.18 Å². The van der Waals surface area contributed by atoms with Crippen LogP contribution in [0.5, 0.6) is 0 Å². The van der Waals surface area contributed by atoms with Gasteiger partial charge in [0.2, 0.25) is 0 Å². The fraction of sp³-hybridized carbons (Fsp3) is 0.556. The van der Waals surface area contributed by atoms with Crippen LogP contribution in [0.15, 0.2) is 11.0 Å². The largest absolute Gasteiger partial charge is 0.423 e. The first-order valence-electron chi connectivity index (χ1n) is 4.79. The second-order valence-electron chi connectivity index (χ2n) is 3.97. The molecule has 0 aliphatic carbocycles. The van der Waals surface area contributed by atoms with Crippen molar-refractivity contribution >= 4 is 5.69 Å². The van der Waals surface area contributed by atoms with Crippen molar-refractivity contribution in [1.82, 2.24) is 10.2 Å². The molecule has 1 aliphatic rings. The zero-order valence-corrected chi connectivity index (χ0v) is 8.51. The van der Waals surface area contributed by atoms with E-state index in [9.17, 15) is 18.0 Å². The molecular weight excluding hydrogens is 223 g/mol. The van der Waals surface area contributed by atoms with Gasteiger partial charge in [-0.25, -0.2) is 5.10 Å². The SMILES string of the molecule is CC1CN(c2cn[nH]c(=O)c2C(F)(F)F)C1. The number of nitrogens with one attached hydrogen (secondary N) is 1. The van der Waals surface area contributed by atoms with Gasteiger partial charge in [0.05, 0.1) is 11.9 Å². The molecule has 1 saturated heterocycles. The third kappa shape index (κ3) is 1.77. The standard InChI is InChI=1S/C9H10F3N3O/c1-5-3-15(4-5)6-2-13-14-8(16)7(6)9(10,11)12/h2,5H,3-4H2,1H3,(H,14,16). The Bertz CT molecular complexity index is 448. The summed E-state index contributed by atoms with van der Waals surface area (Å²) in [5.41, 5.74) is -2.48. The quantitative estimate of drug-likeness (QED) is 0.794. The van der Waals surface area contributed by atoms with Gasteiger partial charge in [-0.15, -0.1) is 0 Å². The number of hydrogen-bond acceptors (Lipinski definition) is 3. The molecule has 2 rings (SSSR count). The molecule has 0 radical (unpaired) electrons. The van der Waals surface area contributed by atoms with E-state index in [1.807, 2.05) is 12.0 Å². The molecule has 1 aliphatic heterocycles. The fourth-order valence-corrected chi connectivity index (χ4v) is 1.80. The lowest BCUT2D eigenvalue weighted by Crippen LogP contribution is -2.47. The van der Waals surface area contributed by atoms with Gasteiger partial charge in [-0.3, -0.25) is 4.79 Å². The van der Waals surface area contributed by atoms with Crippen molar-refractivity contribution in [2.75, 3.05) is 18.0 Å². The van der Waals surface area contributed by atoms with Crippen LogP contribution >= 0.6 is 0 Å². The normalized spacial score (nSPS) is 17.4. The third-order valence-electron chi connectivity index (χ3n) is 2.52. The topological polar surface area (TPSA) is 49.0 Å². The van der Waals surface area contributed by atoms with Gasteiger partial charge in [-0.1, -0.05) is 6.92 Å². The molecule has 0 saturated carbocycles. The van der Waals surface area contributed by atoms with Crippen LogP contribution in [0.2, 0.25) is 0 Å². The van der Waals surface area contributed by atoms with E-state index in [0.29, 0.717) is 19.0 Å². The molecule has 16 heavy (non-hydrogen) atoms. The molecule has 1 aromatic heterocycles. The first-order chi connectivity index (χ1) is 7.39. The molecule has 1 fully saturated rings. The maximum atomic E-state index is 12.7. The molecule has 4 nitrogen and oxygen atoms in total. The highest BCUT2D eigenvalue weighted by molar-refractivity contribution is 5.54. The van der Waals surface area contributed by atoms with Gasteiger partial charge in [0.15, 0.2) is 0 Å². The van der Waals surface area contributed by atoms with Gasteiger partial charge in [-0.2, -0.15) is 18.3 Å². The van der Waals surface area contributed by atoms with Gasteiger partial charge in [0.1, 0.15) is 5.56 Å². The maximum Gasteiger partial charge on any atom is 0.423 e. The van der Waals surface area contributed by atoms with Crippen molar-refractivity contribution in [2.45, 2.75) is 13.1 Å². The Morgan fingerprint density at radius 1 is 1.50 bits per heavy atom. The molecule has 88 valence electrons. The molecule has 0 bridgehead atoms. The number of alkyl halides is 3. The lowest BCUT2D eigenvalue weighted by atomic mass is 10.0. The molecular formula is C9H10F3N3O. The number of H-pyrrole nitrogens is 1. The van der Waals surface area contributed by atoms with Crippen LogP contribution in [0, 0.1) is 5.92 Å². The number of aromatic nitrogens is 2. The molecule has 0 unspecified atom stereocenters. The highest BCUT2D eigenvalue weighted by Crippen LogP contribution is 2.35. The first-order valence-corrected chi connectivity index (χ1v) is 4.79. The average Bonchev–Trinajstić information content (AvgIpc) is 2.10. The number of hydrogen-bond donors (Lipinski definition) is 1. The number of halogens is 3. The lowest BCUT2D eigenvalue weighted by Gasteiger charge is -2.39. The zero-order chi connectivity index (χ0) is 11.9. The Balaban J connectivity index is 2.45. The number of aromatic amines is 1. The summed E-state index contributed by atoms with van der Waals surface area (Å²) in [5.74, 6) is 0.348. The van der Waals surface area contributed by atoms with E-state index in [1.165, 1.54) is 4.90 Å². The van der Waals surface area contributed by atoms with Crippen LogP contribution < -0.4 is 10.5 Å². The van der Waals surface area contributed by atoms with E-state index in [0.717, 1.165) is 6.20 Å². The minimum atomic E-state index is -4.65. The van der Waals surface area contributed by atoms with Crippen molar-refractivity contribution in [3.8, 4) is 0 Å². The Morgan fingerprint density at radius 3 is 2.62 bits per heavy atom. The summed E-state index contributed by atoms with van der Waals surface area (Å²) in [4.78, 5) is 12.7. The second kappa shape index (κ2) is 3.50. The van der Waals surface area contributed by atoms with E-state index in [2.05, 4.69) is 5.10 Å². The van der Waals surface area contributed by atoms with E-state index in [-0.39, 0.29) is 5.69 Å². The van der Waals surface area contributed by atoms with Crippen LogP contribution in [-0.4, -0.2) is 23.3 Å². The van der Waals surface area contributed by atoms with Crippen molar-refractivity contribution in [1.29, 1.82) is 0 Å². The Morgan fingerprint density at radius 2 is 2.12 bits per heavy atom. The van der Waals surface area contributed by atoms with E-state index in [1.54, 1.807) is 0 Å². The molecule has 0 spiro atoms. The van der Waals surface area contributed by atoms with Gasteiger partial charge in [-0.05, 0) is 5.92 Å². The van der Waals surface area contributed by atoms with Crippen LogP contribution in [-0.2, 0) is 6.18 Å². The second-order valence-corrected chi connectivity index (χ2v) is 3.97. The third-order valence-corrected chi connectivity index (χ3v) is 2.52. The molecule has 7 heteroatoms. The van der Waals surface area contributed by atoms with E-state index >= 15 is 0 Å². The predicted octanol–water partition coefficient (Wildman–Crippen LogP) is 1.24. The minimum absolute atomic E-state index is 0.130. The summed E-state index contributed by atoms with van der Waals surface area (Å²) < 4.78 is 38.0. The molecule has 0 amide bonds. The van der Waals surface area contributed by atoms with Gasteiger partial charge in [0, 0.05) is 13.1 Å². The monoisotopic (exact) mass is 233 g/mol. The van der Waals surface area contributed by atoms with Crippen molar-refractivity contribution < 1.29 is 13.2 Å². The summed E-state index contributed by atoms with van der Waals surface area (Å²) in [6.07, 6.45) is -3.60. The Labute approximate surface area is 89.1 Å². The van der Waals surface area contributed by atoms with Crippen molar-refractivity contribution in [2.24, 2.45) is 5.92 Å². The Kier molecular flexibility index (Phi) is 2.40. The molecule has 0 atom stereocenters. The summed E-state index contributed by atoms with van der Waals surface area (Å²) in [5, 5.41) is 5.22. The molecule has 1 N–H and O–H groups in total. The minimum Gasteiger partial charge on any atom is -0.369 e. The summed E-state index contributed by atoms with van der Waals surface area (Å²) in [7, 11) is 0. The molecule has 0 aromatic carbocycles. The molecule has 1 aromatic rings. The smallest absolute Gasteiger partial charge is 0.369 e. The first kappa shape index (κ1) is 11.0. The number of anilines is 1. The highest BCUT2D eigenvalue weighted by atomic mass is 19.4.